The summed E-state index contributed by atoms with van der Waals surface area (Å²) in [4.78, 5) is 11.9. The molecule has 0 heterocycles. The van der Waals surface area contributed by atoms with Gasteiger partial charge in [-0.1, -0.05) is 41.4 Å². The summed E-state index contributed by atoms with van der Waals surface area (Å²) in [5, 5.41) is 0.463. The van der Waals surface area contributed by atoms with Crippen LogP contribution < -0.4 is 4.72 Å². The number of halogens is 2. The molecule has 104 valence electrons. The van der Waals surface area contributed by atoms with Gasteiger partial charge in [0.15, 0.2) is 0 Å². The zero-order valence-electron chi connectivity index (χ0n) is 10.0. The minimum Gasteiger partial charge on any atom is -0.268 e. The summed E-state index contributed by atoms with van der Waals surface area (Å²) in [5.74, 6) is -0.771. The molecule has 0 fully saturated rings. The van der Waals surface area contributed by atoms with E-state index in [-0.39, 0.29) is 20.5 Å². The van der Waals surface area contributed by atoms with Crippen LogP contribution in [0.15, 0.2) is 53.4 Å². The van der Waals surface area contributed by atoms with Crippen LogP contribution in [-0.2, 0) is 10.0 Å². The van der Waals surface area contributed by atoms with Crippen molar-refractivity contribution in [3.05, 3.63) is 64.1 Å². The van der Waals surface area contributed by atoms with Crippen molar-refractivity contribution in [2.45, 2.75) is 4.90 Å². The summed E-state index contributed by atoms with van der Waals surface area (Å²) >= 11 is 11.5. The first kappa shape index (κ1) is 14.8. The number of nitrogens with one attached hydrogen (secondary N) is 1. The lowest BCUT2D eigenvalue weighted by Crippen LogP contribution is -2.30. The van der Waals surface area contributed by atoms with E-state index < -0.39 is 15.9 Å². The van der Waals surface area contributed by atoms with Crippen molar-refractivity contribution in [3.8, 4) is 0 Å². The van der Waals surface area contributed by atoms with Crippen molar-refractivity contribution < 1.29 is 13.2 Å². The summed E-state index contributed by atoms with van der Waals surface area (Å²) in [7, 11) is -3.91. The van der Waals surface area contributed by atoms with Gasteiger partial charge in [0.25, 0.3) is 15.9 Å². The van der Waals surface area contributed by atoms with Gasteiger partial charge in [-0.25, -0.2) is 13.1 Å². The molecule has 4 nitrogen and oxygen atoms in total. The van der Waals surface area contributed by atoms with Crippen molar-refractivity contribution in [1.29, 1.82) is 0 Å². The molecule has 2 aromatic rings. The average molecular weight is 330 g/mol. The molecule has 1 amide bonds. The van der Waals surface area contributed by atoms with E-state index in [0.717, 1.165) is 0 Å². The summed E-state index contributed by atoms with van der Waals surface area (Å²) < 4.78 is 25.9. The van der Waals surface area contributed by atoms with Crippen molar-refractivity contribution in [3.63, 3.8) is 0 Å². The van der Waals surface area contributed by atoms with E-state index in [2.05, 4.69) is 0 Å². The highest BCUT2D eigenvalue weighted by Crippen LogP contribution is 2.22. The van der Waals surface area contributed by atoms with Gasteiger partial charge in [-0.15, -0.1) is 0 Å². The molecular weight excluding hydrogens is 321 g/mol. The molecule has 0 unspecified atom stereocenters. The Kier molecular flexibility index (Phi) is 4.32. The highest BCUT2D eigenvalue weighted by Gasteiger charge is 2.18. The van der Waals surface area contributed by atoms with Crippen molar-refractivity contribution in [2.24, 2.45) is 0 Å². The van der Waals surface area contributed by atoms with Gasteiger partial charge in [-0.05, 0) is 30.3 Å². The van der Waals surface area contributed by atoms with E-state index >= 15 is 0 Å². The van der Waals surface area contributed by atoms with Gasteiger partial charge in [-0.2, -0.15) is 0 Å². The third kappa shape index (κ3) is 3.30. The maximum absolute atomic E-state index is 12.0. The monoisotopic (exact) mass is 329 g/mol. The molecule has 0 radical (unpaired) electrons. The Labute approximate surface area is 126 Å². The van der Waals surface area contributed by atoms with Gasteiger partial charge in [0, 0.05) is 5.56 Å². The largest absolute Gasteiger partial charge is 0.268 e. The Morgan fingerprint density at radius 1 is 0.950 bits per heavy atom. The molecule has 0 saturated carbocycles. The van der Waals surface area contributed by atoms with Crippen molar-refractivity contribution >= 4 is 39.1 Å². The van der Waals surface area contributed by atoms with Crippen LogP contribution in [0, 0.1) is 0 Å². The third-order valence-electron chi connectivity index (χ3n) is 2.46. The maximum Gasteiger partial charge on any atom is 0.265 e. The number of carbonyl (C=O) groups excluding carboxylic acids is 1. The van der Waals surface area contributed by atoms with Crippen LogP contribution >= 0.6 is 23.2 Å². The first-order valence-electron chi connectivity index (χ1n) is 5.47. The maximum atomic E-state index is 12.0. The lowest BCUT2D eigenvalue weighted by atomic mass is 10.2. The van der Waals surface area contributed by atoms with E-state index in [0.29, 0.717) is 0 Å². The van der Waals surface area contributed by atoms with Crippen LogP contribution in [0.3, 0.4) is 0 Å². The van der Waals surface area contributed by atoms with E-state index in [4.69, 9.17) is 23.2 Å². The number of amides is 1. The zero-order valence-corrected chi connectivity index (χ0v) is 12.3. The topological polar surface area (TPSA) is 63.2 Å². The Morgan fingerprint density at radius 2 is 1.60 bits per heavy atom. The second-order valence-electron chi connectivity index (χ2n) is 3.88. The van der Waals surface area contributed by atoms with E-state index in [1.54, 1.807) is 18.2 Å². The summed E-state index contributed by atoms with van der Waals surface area (Å²) in [6.07, 6.45) is 0. The number of hydrogen-bond donors (Lipinski definition) is 1. The van der Waals surface area contributed by atoms with Crippen LogP contribution in [0.1, 0.15) is 10.4 Å². The molecular formula is C13H9Cl2NO3S. The Hall–Kier alpha value is -1.56. The molecule has 0 aliphatic heterocycles. The summed E-state index contributed by atoms with van der Waals surface area (Å²) in [6, 6.07) is 11.7. The first-order valence-corrected chi connectivity index (χ1v) is 7.71. The number of sulfonamides is 1. The van der Waals surface area contributed by atoms with Crippen molar-refractivity contribution in [2.75, 3.05) is 0 Å². The molecule has 2 aromatic carbocycles. The predicted molar refractivity (Wildman–Crippen MR) is 77.6 cm³/mol. The minimum absolute atomic E-state index is 0.00779. The minimum atomic E-state index is -3.91. The highest BCUT2D eigenvalue weighted by molar-refractivity contribution is 7.90. The SMILES string of the molecule is O=C(NS(=O)(=O)c1ccccc1)c1ccc(Cl)c(Cl)c1. The second-order valence-corrected chi connectivity index (χ2v) is 6.37. The number of carbonyl (C=O) groups is 1. The molecule has 0 spiro atoms. The second kappa shape index (κ2) is 5.83. The highest BCUT2D eigenvalue weighted by atomic mass is 35.5. The van der Waals surface area contributed by atoms with E-state index in [1.165, 1.54) is 30.3 Å². The fourth-order valence-corrected chi connectivity index (χ4v) is 2.77. The van der Waals surface area contributed by atoms with E-state index in [1.807, 2.05) is 4.72 Å². The van der Waals surface area contributed by atoms with E-state index in [9.17, 15) is 13.2 Å². The number of rotatable bonds is 3. The molecule has 20 heavy (non-hydrogen) atoms. The lowest BCUT2D eigenvalue weighted by Gasteiger charge is -2.07. The molecule has 0 aromatic heterocycles. The molecule has 0 aliphatic carbocycles. The third-order valence-corrected chi connectivity index (χ3v) is 4.55. The molecule has 0 saturated heterocycles. The Morgan fingerprint density at radius 3 is 2.20 bits per heavy atom. The van der Waals surface area contributed by atoms with Gasteiger partial charge in [-0.3, -0.25) is 4.79 Å². The van der Waals surface area contributed by atoms with Crippen LogP contribution in [0.4, 0.5) is 0 Å². The standard InChI is InChI=1S/C13H9Cl2NO3S/c14-11-7-6-9(8-12(11)15)13(17)16-20(18,19)10-4-2-1-3-5-10/h1-8H,(H,16,17). The number of benzene rings is 2. The Bertz CT molecular complexity index is 745. The van der Waals surface area contributed by atoms with Gasteiger partial charge >= 0.3 is 0 Å². The quantitative estimate of drug-likeness (QED) is 0.940. The van der Waals surface area contributed by atoms with Gasteiger partial charge in [0.2, 0.25) is 0 Å². The van der Waals surface area contributed by atoms with Crippen molar-refractivity contribution in [1.82, 2.24) is 4.72 Å². The lowest BCUT2D eigenvalue weighted by molar-refractivity contribution is 0.0981. The van der Waals surface area contributed by atoms with Gasteiger partial charge in [0.05, 0.1) is 14.9 Å². The number of hydrogen-bond acceptors (Lipinski definition) is 3. The summed E-state index contributed by atoms with van der Waals surface area (Å²) in [5.41, 5.74) is 0.110. The average Bonchev–Trinajstić information content (AvgIpc) is 2.42. The zero-order chi connectivity index (χ0) is 14.8. The normalized spacial score (nSPS) is 11.1. The molecule has 0 atom stereocenters. The van der Waals surface area contributed by atoms with Crippen LogP contribution in [0.2, 0.25) is 10.0 Å². The molecule has 1 N–H and O–H groups in total. The van der Waals surface area contributed by atoms with Crippen LogP contribution in [0.25, 0.3) is 0 Å². The van der Waals surface area contributed by atoms with Gasteiger partial charge < -0.3 is 0 Å². The summed E-state index contributed by atoms with van der Waals surface area (Å²) in [6.45, 7) is 0. The molecule has 0 bridgehead atoms. The molecule has 2 rings (SSSR count). The molecule has 0 aliphatic rings. The fourth-order valence-electron chi connectivity index (χ4n) is 1.48. The van der Waals surface area contributed by atoms with Gasteiger partial charge in [0.1, 0.15) is 0 Å². The fraction of sp³-hybridized carbons (Fsp3) is 0. The Balaban J connectivity index is 2.25. The van der Waals surface area contributed by atoms with Crippen LogP contribution in [0.5, 0.6) is 0 Å². The predicted octanol–water partition coefficient (Wildman–Crippen LogP) is 3.11. The molecule has 7 heteroatoms. The smallest absolute Gasteiger partial charge is 0.265 e. The first-order chi connectivity index (χ1) is 9.40. The van der Waals surface area contributed by atoms with Crippen LogP contribution in [-0.4, -0.2) is 14.3 Å².